The van der Waals surface area contributed by atoms with Crippen LogP contribution in [0.4, 0.5) is 4.79 Å². The van der Waals surface area contributed by atoms with Crippen LogP contribution in [0.5, 0.6) is 0 Å². The molecule has 7 heteroatoms. The van der Waals surface area contributed by atoms with Gasteiger partial charge in [-0.15, -0.1) is 0 Å². The number of carbonyl (C=O) groups is 2. The number of carboxylic acids is 1. The topological polar surface area (TPSA) is 78.5 Å². The van der Waals surface area contributed by atoms with Gasteiger partial charge in [-0.05, 0) is 32.4 Å². The fraction of sp³-hybridized carbons (Fsp3) is 0.429. The van der Waals surface area contributed by atoms with Gasteiger partial charge in [0.1, 0.15) is 5.60 Å². The second-order valence-electron chi connectivity index (χ2n) is 5.42. The van der Waals surface area contributed by atoms with E-state index in [0.717, 1.165) is 0 Å². The van der Waals surface area contributed by atoms with Gasteiger partial charge in [0, 0.05) is 12.4 Å². The second kappa shape index (κ2) is 7.00. The molecule has 0 saturated heterocycles. The number of benzene rings is 1. The van der Waals surface area contributed by atoms with Gasteiger partial charge >= 0.3 is 6.09 Å². The fourth-order valence-corrected chi connectivity index (χ4v) is 2.08. The van der Waals surface area contributed by atoms with Crippen molar-refractivity contribution in [3.05, 3.63) is 33.8 Å². The lowest BCUT2D eigenvalue weighted by Gasteiger charge is -2.25. The smallest absolute Gasteiger partial charge is 0.408 e. The van der Waals surface area contributed by atoms with Crippen molar-refractivity contribution in [2.24, 2.45) is 0 Å². The predicted molar refractivity (Wildman–Crippen MR) is 78.2 cm³/mol. The molecule has 1 atom stereocenters. The molecule has 5 nitrogen and oxygen atoms in total. The first kappa shape index (κ1) is 17.6. The third-order valence-electron chi connectivity index (χ3n) is 2.42. The van der Waals surface area contributed by atoms with Crippen LogP contribution in [-0.4, -0.2) is 17.7 Å². The molecule has 1 rings (SSSR count). The van der Waals surface area contributed by atoms with Crippen molar-refractivity contribution in [3.8, 4) is 0 Å². The number of carboxylic acid groups (broad SMARTS) is 1. The molecular formula is C14H16Cl2NO4-. The number of carbonyl (C=O) groups excluding carboxylic acids is 2. The maximum atomic E-state index is 11.8. The molecule has 0 spiro atoms. The summed E-state index contributed by atoms with van der Waals surface area (Å²) in [6.45, 7) is 5.10. The van der Waals surface area contributed by atoms with E-state index in [2.05, 4.69) is 5.32 Å². The minimum Gasteiger partial charge on any atom is -0.550 e. The Morgan fingerprint density at radius 1 is 1.33 bits per heavy atom. The number of hydrogen-bond donors (Lipinski definition) is 1. The van der Waals surface area contributed by atoms with Gasteiger partial charge in [-0.1, -0.05) is 35.3 Å². The summed E-state index contributed by atoms with van der Waals surface area (Å²) >= 11 is 11.9. The Hall–Kier alpha value is -1.46. The van der Waals surface area contributed by atoms with E-state index in [4.69, 9.17) is 27.9 Å². The van der Waals surface area contributed by atoms with Gasteiger partial charge in [-0.25, -0.2) is 4.79 Å². The van der Waals surface area contributed by atoms with E-state index in [9.17, 15) is 14.7 Å². The Kier molecular flexibility index (Phi) is 5.87. The van der Waals surface area contributed by atoms with Crippen molar-refractivity contribution in [1.82, 2.24) is 5.32 Å². The number of alkyl carbamates (subject to hydrolysis) is 1. The maximum absolute atomic E-state index is 11.8. The molecule has 0 bridgehead atoms. The van der Waals surface area contributed by atoms with Crippen molar-refractivity contribution in [1.29, 1.82) is 0 Å². The molecule has 0 aliphatic carbocycles. The largest absolute Gasteiger partial charge is 0.550 e. The molecule has 0 aromatic heterocycles. The van der Waals surface area contributed by atoms with Crippen molar-refractivity contribution < 1.29 is 19.4 Å². The molecule has 1 N–H and O–H groups in total. The van der Waals surface area contributed by atoms with Gasteiger partial charge in [0.05, 0.1) is 16.1 Å². The molecule has 1 aromatic rings. The first-order valence-electron chi connectivity index (χ1n) is 6.23. The Bertz CT molecular complexity index is 540. The van der Waals surface area contributed by atoms with E-state index in [1.165, 1.54) is 0 Å². The molecule has 1 aromatic carbocycles. The van der Waals surface area contributed by atoms with E-state index in [0.29, 0.717) is 5.56 Å². The number of hydrogen-bond acceptors (Lipinski definition) is 4. The third-order valence-corrected chi connectivity index (χ3v) is 3.25. The Labute approximate surface area is 133 Å². The molecule has 1 amide bonds. The van der Waals surface area contributed by atoms with E-state index >= 15 is 0 Å². The number of aliphatic carboxylic acids is 1. The van der Waals surface area contributed by atoms with Crippen molar-refractivity contribution in [3.63, 3.8) is 0 Å². The lowest BCUT2D eigenvalue weighted by atomic mass is 10.0. The number of halogens is 2. The summed E-state index contributed by atoms with van der Waals surface area (Å²) in [6, 6.07) is 3.87. The van der Waals surface area contributed by atoms with Crippen LogP contribution < -0.4 is 10.4 Å². The molecule has 0 unspecified atom stereocenters. The maximum Gasteiger partial charge on any atom is 0.408 e. The molecule has 116 valence electrons. The number of amides is 1. The highest BCUT2D eigenvalue weighted by atomic mass is 35.5. The summed E-state index contributed by atoms with van der Waals surface area (Å²) in [4.78, 5) is 22.7. The fourth-order valence-electron chi connectivity index (χ4n) is 1.64. The molecule has 0 aliphatic heterocycles. The summed E-state index contributed by atoms with van der Waals surface area (Å²) in [6.07, 6.45) is -1.19. The minimum atomic E-state index is -1.33. The van der Waals surface area contributed by atoms with Crippen LogP contribution in [-0.2, 0) is 9.53 Å². The van der Waals surface area contributed by atoms with Gasteiger partial charge in [-0.3, -0.25) is 0 Å². The first-order chi connectivity index (χ1) is 9.60. The lowest BCUT2D eigenvalue weighted by Crippen LogP contribution is -2.37. The predicted octanol–water partition coefficient (Wildman–Crippen LogP) is 2.70. The molecule has 21 heavy (non-hydrogen) atoms. The summed E-state index contributed by atoms with van der Waals surface area (Å²) in [5.41, 5.74) is -0.312. The van der Waals surface area contributed by atoms with E-state index in [-0.39, 0.29) is 10.0 Å². The molecule has 0 heterocycles. The van der Waals surface area contributed by atoms with Crippen LogP contribution in [0.25, 0.3) is 0 Å². The van der Waals surface area contributed by atoms with Crippen molar-refractivity contribution >= 4 is 35.3 Å². The lowest BCUT2D eigenvalue weighted by molar-refractivity contribution is -0.306. The molecule has 0 fully saturated rings. The van der Waals surface area contributed by atoms with Crippen molar-refractivity contribution in [2.75, 3.05) is 0 Å². The first-order valence-corrected chi connectivity index (χ1v) is 6.99. The van der Waals surface area contributed by atoms with Gasteiger partial charge in [-0.2, -0.15) is 0 Å². The van der Waals surface area contributed by atoms with E-state index in [1.807, 2.05) is 0 Å². The zero-order valence-electron chi connectivity index (χ0n) is 11.9. The molecule has 0 aliphatic rings. The van der Waals surface area contributed by atoms with Gasteiger partial charge in [0.15, 0.2) is 0 Å². The standard InChI is InChI=1S/C14H17Cl2NO4/c1-14(2,3)21-13(20)17-10(7-11(18)19)8-5-4-6-9(15)12(8)16/h4-6,10H,7H2,1-3H3,(H,17,20)(H,18,19)/p-1/t10-/m0/s1. The normalized spacial score (nSPS) is 12.6. The van der Waals surface area contributed by atoms with Crippen LogP contribution in [0, 0.1) is 0 Å². The summed E-state index contributed by atoms with van der Waals surface area (Å²) in [5, 5.41) is 13.8. The van der Waals surface area contributed by atoms with Crippen LogP contribution in [0.15, 0.2) is 18.2 Å². The average Bonchev–Trinajstić information content (AvgIpc) is 2.28. The summed E-state index contributed by atoms with van der Waals surface area (Å²) in [7, 11) is 0. The zero-order chi connectivity index (χ0) is 16.2. The van der Waals surface area contributed by atoms with Crippen molar-refractivity contribution in [2.45, 2.75) is 38.8 Å². The van der Waals surface area contributed by atoms with Gasteiger partial charge in [0.2, 0.25) is 0 Å². The van der Waals surface area contributed by atoms with Gasteiger partial charge in [0.25, 0.3) is 0 Å². The number of nitrogens with one attached hydrogen (secondary N) is 1. The monoisotopic (exact) mass is 332 g/mol. The molecule has 0 saturated carbocycles. The van der Waals surface area contributed by atoms with Crippen LogP contribution in [0.3, 0.4) is 0 Å². The molecule has 0 radical (unpaired) electrons. The average molecular weight is 333 g/mol. The third kappa shape index (κ3) is 5.81. The van der Waals surface area contributed by atoms with Crippen LogP contribution in [0.2, 0.25) is 10.0 Å². The number of ether oxygens (including phenoxy) is 1. The Morgan fingerprint density at radius 2 is 1.95 bits per heavy atom. The highest BCUT2D eigenvalue weighted by molar-refractivity contribution is 6.42. The van der Waals surface area contributed by atoms with E-state index in [1.54, 1.807) is 39.0 Å². The highest BCUT2D eigenvalue weighted by Crippen LogP contribution is 2.31. The summed E-state index contributed by atoms with van der Waals surface area (Å²) in [5.74, 6) is -1.33. The van der Waals surface area contributed by atoms with Crippen LogP contribution >= 0.6 is 23.2 Å². The zero-order valence-corrected chi connectivity index (χ0v) is 13.4. The SMILES string of the molecule is CC(C)(C)OC(=O)N[C@@H](CC(=O)[O-])c1cccc(Cl)c1Cl. The van der Waals surface area contributed by atoms with Crippen LogP contribution in [0.1, 0.15) is 38.8 Å². The van der Waals surface area contributed by atoms with Gasteiger partial charge < -0.3 is 20.0 Å². The molecular weight excluding hydrogens is 317 g/mol. The Balaban J connectivity index is 2.98. The second-order valence-corrected chi connectivity index (χ2v) is 6.20. The number of rotatable bonds is 4. The Morgan fingerprint density at radius 3 is 2.48 bits per heavy atom. The summed E-state index contributed by atoms with van der Waals surface area (Å²) < 4.78 is 5.10. The minimum absolute atomic E-state index is 0.182. The van der Waals surface area contributed by atoms with E-state index < -0.39 is 30.1 Å². The quantitative estimate of drug-likeness (QED) is 0.919. The highest BCUT2D eigenvalue weighted by Gasteiger charge is 2.22.